The van der Waals surface area contributed by atoms with Crippen molar-refractivity contribution in [1.29, 1.82) is 0 Å². The summed E-state index contributed by atoms with van der Waals surface area (Å²) in [6.07, 6.45) is 2.73. The van der Waals surface area contributed by atoms with Gasteiger partial charge in [-0.15, -0.1) is 0 Å². The van der Waals surface area contributed by atoms with E-state index >= 15 is 0 Å². The second-order valence-electron chi connectivity index (χ2n) is 4.83. The molecule has 0 amide bonds. The van der Waals surface area contributed by atoms with Gasteiger partial charge in [0.15, 0.2) is 0 Å². The zero-order chi connectivity index (χ0) is 13.3. The van der Waals surface area contributed by atoms with Gasteiger partial charge in [-0.3, -0.25) is 0 Å². The third-order valence-electron chi connectivity index (χ3n) is 4.00. The maximum atomic E-state index is 2.88. The van der Waals surface area contributed by atoms with Crippen molar-refractivity contribution in [2.24, 2.45) is 0 Å². The van der Waals surface area contributed by atoms with Crippen molar-refractivity contribution >= 4 is 18.9 Å². The molecule has 104 valence electrons. The number of rotatable bonds is 10. The number of hydrogen-bond donors (Lipinski definition) is 0. The van der Waals surface area contributed by atoms with Crippen LogP contribution in [0.2, 0.25) is 8.87 Å². The fourth-order valence-corrected chi connectivity index (χ4v) is 20.1. The SMILES string of the molecule is CC[CH2][Sn]([CH2]CC)([N](CC)CC)[N](CC)CC. The monoisotopic (exact) mass is 350 g/mol. The molecule has 0 N–H and O–H groups in total. The first-order valence-corrected chi connectivity index (χ1v) is 14.3. The first-order valence-electron chi connectivity index (χ1n) is 7.66. The Hall–Kier alpha value is 0.719. The van der Waals surface area contributed by atoms with Crippen LogP contribution < -0.4 is 0 Å². The molecule has 0 unspecified atom stereocenters. The van der Waals surface area contributed by atoms with Crippen molar-refractivity contribution in [3.05, 3.63) is 0 Å². The summed E-state index contributed by atoms with van der Waals surface area (Å²) in [6.45, 7) is 19.2. The van der Waals surface area contributed by atoms with Crippen molar-refractivity contribution < 1.29 is 0 Å². The van der Waals surface area contributed by atoms with E-state index in [4.69, 9.17) is 0 Å². The third-order valence-corrected chi connectivity index (χ3v) is 21.8. The quantitative estimate of drug-likeness (QED) is 0.552. The Morgan fingerprint density at radius 1 is 0.588 bits per heavy atom. The molecule has 0 aromatic rings. The molecule has 0 fully saturated rings. The standard InChI is InChI=1S/2C4H10N.2C3H7.Sn/c2*1-3-5-4-2;2*1-3-2;/h2*3-4H2,1-2H3;2*1,3H2,2H3;/q2*-1;;;+2. The van der Waals surface area contributed by atoms with Crippen molar-refractivity contribution in [2.45, 2.75) is 63.3 Å². The molecule has 0 heterocycles. The zero-order valence-corrected chi connectivity index (χ0v) is 15.9. The summed E-state index contributed by atoms with van der Waals surface area (Å²) in [4.78, 5) is 0. The van der Waals surface area contributed by atoms with Crippen LogP contribution in [-0.2, 0) is 0 Å². The average Bonchev–Trinajstić information content (AvgIpc) is 2.32. The third kappa shape index (κ3) is 4.39. The van der Waals surface area contributed by atoms with Crippen LogP contribution in [-0.4, -0.2) is 51.3 Å². The summed E-state index contributed by atoms with van der Waals surface area (Å²) in [6, 6.07) is 0. The zero-order valence-electron chi connectivity index (χ0n) is 13.1. The van der Waals surface area contributed by atoms with E-state index in [0.717, 1.165) is 0 Å². The van der Waals surface area contributed by atoms with Crippen LogP contribution in [0.15, 0.2) is 0 Å². The van der Waals surface area contributed by atoms with Crippen LogP contribution in [0.3, 0.4) is 0 Å². The van der Waals surface area contributed by atoms with Gasteiger partial charge in [-0.2, -0.15) is 0 Å². The van der Waals surface area contributed by atoms with Gasteiger partial charge < -0.3 is 0 Å². The normalized spacial score (nSPS) is 12.7. The van der Waals surface area contributed by atoms with Crippen LogP contribution in [0.25, 0.3) is 0 Å². The molecule has 3 heteroatoms. The van der Waals surface area contributed by atoms with E-state index in [1.165, 1.54) is 47.9 Å². The molecule has 0 aromatic carbocycles. The maximum absolute atomic E-state index is 2.88. The Kier molecular flexibility index (Phi) is 10.0. The summed E-state index contributed by atoms with van der Waals surface area (Å²) in [5, 5.41) is 0. The minimum atomic E-state index is -2.25. The van der Waals surface area contributed by atoms with E-state index in [1.807, 2.05) is 0 Å². The summed E-state index contributed by atoms with van der Waals surface area (Å²) in [5.74, 6) is 0. The minimum absolute atomic E-state index is 1.25. The first-order chi connectivity index (χ1) is 8.16. The Morgan fingerprint density at radius 2 is 0.882 bits per heavy atom. The van der Waals surface area contributed by atoms with Gasteiger partial charge in [-0.05, 0) is 0 Å². The molecule has 0 aliphatic carbocycles. The summed E-state index contributed by atoms with van der Waals surface area (Å²) in [5.41, 5.74) is 0. The average molecular weight is 349 g/mol. The summed E-state index contributed by atoms with van der Waals surface area (Å²) >= 11 is -2.25. The van der Waals surface area contributed by atoms with E-state index in [-0.39, 0.29) is 0 Å². The molecule has 2 nitrogen and oxygen atoms in total. The Morgan fingerprint density at radius 3 is 1.06 bits per heavy atom. The molecule has 0 bridgehead atoms. The van der Waals surface area contributed by atoms with Gasteiger partial charge in [0, 0.05) is 0 Å². The Balaban J connectivity index is 5.20. The second-order valence-corrected chi connectivity index (χ2v) is 16.9. The van der Waals surface area contributed by atoms with Crippen LogP contribution in [0.1, 0.15) is 54.4 Å². The van der Waals surface area contributed by atoms with Crippen LogP contribution in [0.5, 0.6) is 0 Å². The van der Waals surface area contributed by atoms with Gasteiger partial charge in [-0.25, -0.2) is 0 Å². The van der Waals surface area contributed by atoms with Gasteiger partial charge in [0.1, 0.15) is 0 Å². The van der Waals surface area contributed by atoms with E-state index in [9.17, 15) is 0 Å². The summed E-state index contributed by atoms with van der Waals surface area (Å²) in [7, 11) is 0. The molecule has 0 aromatic heterocycles. The molecule has 0 aliphatic heterocycles. The van der Waals surface area contributed by atoms with Gasteiger partial charge in [0.05, 0.1) is 0 Å². The number of hydrogen-bond acceptors (Lipinski definition) is 2. The van der Waals surface area contributed by atoms with Crippen molar-refractivity contribution in [2.75, 3.05) is 26.2 Å². The van der Waals surface area contributed by atoms with Crippen LogP contribution in [0.4, 0.5) is 0 Å². The van der Waals surface area contributed by atoms with Crippen molar-refractivity contribution in [3.8, 4) is 0 Å². The summed E-state index contributed by atoms with van der Waals surface area (Å²) < 4.78 is 8.78. The Bertz CT molecular complexity index is 157. The van der Waals surface area contributed by atoms with E-state index < -0.39 is 18.9 Å². The van der Waals surface area contributed by atoms with Gasteiger partial charge in [0.2, 0.25) is 0 Å². The molecule has 0 saturated carbocycles. The predicted octanol–water partition coefficient (Wildman–Crippen LogP) is 3.93. The molecule has 0 spiro atoms. The van der Waals surface area contributed by atoms with Crippen LogP contribution in [0, 0.1) is 0 Å². The molecular formula is C14H34N2Sn. The predicted molar refractivity (Wildman–Crippen MR) is 81.8 cm³/mol. The Labute approximate surface area is 114 Å². The molecule has 0 saturated heterocycles. The van der Waals surface area contributed by atoms with Gasteiger partial charge >= 0.3 is 115 Å². The first kappa shape index (κ1) is 17.7. The molecule has 0 radical (unpaired) electrons. The van der Waals surface area contributed by atoms with Gasteiger partial charge in [-0.1, -0.05) is 0 Å². The second kappa shape index (κ2) is 9.62. The topological polar surface area (TPSA) is 6.48 Å². The van der Waals surface area contributed by atoms with E-state index in [2.05, 4.69) is 47.8 Å². The van der Waals surface area contributed by atoms with Crippen LogP contribution >= 0.6 is 0 Å². The molecule has 17 heavy (non-hydrogen) atoms. The molecular weight excluding hydrogens is 315 g/mol. The molecule has 0 rings (SSSR count). The number of nitrogens with zero attached hydrogens (tertiary/aromatic N) is 2. The van der Waals surface area contributed by atoms with E-state index in [0.29, 0.717) is 0 Å². The fourth-order valence-electron chi connectivity index (χ4n) is 3.38. The van der Waals surface area contributed by atoms with Gasteiger partial charge in [0.25, 0.3) is 0 Å². The van der Waals surface area contributed by atoms with E-state index in [1.54, 1.807) is 0 Å². The van der Waals surface area contributed by atoms with Crippen molar-refractivity contribution in [3.63, 3.8) is 0 Å². The van der Waals surface area contributed by atoms with Crippen molar-refractivity contribution in [1.82, 2.24) is 6.24 Å². The molecule has 0 aliphatic rings. The molecule has 0 atom stereocenters. The fraction of sp³-hybridized carbons (Fsp3) is 1.00.